The van der Waals surface area contributed by atoms with Gasteiger partial charge in [-0.3, -0.25) is 0 Å². The summed E-state index contributed by atoms with van der Waals surface area (Å²) in [5, 5.41) is 35.2. The van der Waals surface area contributed by atoms with E-state index in [1.165, 1.54) is 0 Å². The van der Waals surface area contributed by atoms with E-state index in [4.69, 9.17) is 20.4 Å². The summed E-state index contributed by atoms with van der Waals surface area (Å²) in [6.45, 7) is 0. The summed E-state index contributed by atoms with van der Waals surface area (Å²) in [6.07, 6.45) is 0. The van der Waals surface area contributed by atoms with E-state index in [9.17, 15) is 9.59 Å². The monoisotopic (exact) mass is 230 g/mol. The Kier molecular flexibility index (Phi) is 16.3. The van der Waals surface area contributed by atoms with Crippen LogP contribution in [0.4, 0.5) is 0 Å². The zero-order valence-electron chi connectivity index (χ0n) is 6.76. The van der Waals surface area contributed by atoms with Crippen LogP contribution in [0.15, 0.2) is 12.1 Å². The van der Waals surface area contributed by atoms with Gasteiger partial charge in [0.05, 0.1) is 0 Å². The summed E-state index contributed by atoms with van der Waals surface area (Å²) >= 11 is 0. The number of hydrogen-bond donors (Lipinski definition) is 4. The molecule has 6 nitrogen and oxygen atoms in total. The maximum absolute atomic E-state index is 10.4. The van der Waals surface area contributed by atoms with Gasteiger partial charge in [0.2, 0.25) is 0 Å². The second-order valence-electron chi connectivity index (χ2n) is 2.50. The van der Waals surface area contributed by atoms with Crippen LogP contribution in [0.1, 0.15) is 20.7 Å². The summed E-state index contributed by atoms with van der Waals surface area (Å²) < 4.78 is 0. The molecule has 0 aliphatic carbocycles. The predicted molar refractivity (Wildman–Crippen MR) is 72.3 cm³/mol. The molecule has 18 heavy (non-hydrogen) atoms. The first-order valence-corrected chi connectivity index (χ1v) is 3.46. The molecule has 1 rings (SSSR count). The summed E-state index contributed by atoms with van der Waals surface area (Å²) in [5.74, 6) is -4.30. The maximum atomic E-state index is 10.4. The third-order valence-corrected chi connectivity index (χ3v) is 1.57. The van der Waals surface area contributed by atoms with Gasteiger partial charge in [-0.2, -0.15) is 0 Å². The van der Waals surface area contributed by atoms with E-state index < -0.39 is 34.6 Å². The SMILES string of the molecule is O=C(O)c1cc(O)c(C(=O)O)cc1O.[LiH].[LiH].[LiH].[LiH]. The van der Waals surface area contributed by atoms with Crippen LogP contribution in [0, 0.1) is 0 Å². The number of phenols is 2. The Bertz CT molecular complexity index is 383. The van der Waals surface area contributed by atoms with Crippen LogP contribution in [0.25, 0.3) is 0 Å². The molecule has 0 saturated carbocycles. The van der Waals surface area contributed by atoms with Gasteiger partial charge in [-0.1, -0.05) is 0 Å². The number of aromatic carboxylic acids is 2. The fourth-order valence-corrected chi connectivity index (χ4v) is 0.919. The summed E-state index contributed by atoms with van der Waals surface area (Å²) in [7, 11) is 0. The summed E-state index contributed by atoms with van der Waals surface area (Å²) in [6, 6.07) is 1.36. The first kappa shape index (κ1) is 26.7. The number of carboxylic acid groups (broad SMARTS) is 2. The number of carbonyl (C=O) groups is 2. The summed E-state index contributed by atoms with van der Waals surface area (Å²) in [5.41, 5.74) is -1.10. The second-order valence-corrected chi connectivity index (χ2v) is 2.50. The van der Waals surface area contributed by atoms with Crippen molar-refractivity contribution in [3.63, 3.8) is 0 Å². The molecule has 82 valence electrons. The molecule has 0 spiro atoms. The van der Waals surface area contributed by atoms with E-state index >= 15 is 0 Å². The molecule has 0 unspecified atom stereocenters. The molecule has 0 fully saturated rings. The van der Waals surface area contributed by atoms with Crippen LogP contribution < -0.4 is 0 Å². The number of rotatable bonds is 2. The van der Waals surface area contributed by atoms with E-state index in [2.05, 4.69) is 0 Å². The van der Waals surface area contributed by atoms with E-state index in [0.717, 1.165) is 0 Å². The molecule has 0 bridgehead atoms. The number of benzene rings is 1. The molecule has 0 saturated heterocycles. The Morgan fingerprint density at radius 2 is 0.944 bits per heavy atom. The molecule has 0 aliphatic rings. The molecular formula is C8H10Li4O6. The molecule has 0 aromatic heterocycles. The van der Waals surface area contributed by atoms with Crippen molar-refractivity contribution in [3.05, 3.63) is 23.3 Å². The molecule has 1 aromatic carbocycles. The van der Waals surface area contributed by atoms with Crippen molar-refractivity contribution < 1.29 is 30.0 Å². The van der Waals surface area contributed by atoms with Crippen molar-refractivity contribution in [3.8, 4) is 11.5 Å². The van der Waals surface area contributed by atoms with E-state index in [1.54, 1.807) is 0 Å². The molecular weight excluding hydrogens is 220 g/mol. The first-order valence-electron chi connectivity index (χ1n) is 3.46. The molecule has 10 heteroatoms. The van der Waals surface area contributed by atoms with Gasteiger partial charge in [0.25, 0.3) is 0 Å². The van der Waals surface area contributed by atoms with E-state index in [1.807, 2.05) is 0 Å². The first-order chi connectivity index (χ1) is 6.43. The Morgan fingerprint density at radius 3 is 1.11 bits per heavy atom. The zero-order valence-corrected chi connectivity index (χ0v) is 6.76. The van der Waals surface area contributed by atoms with Gasteiger partial charge in [0, 0.05) is 0 Å². The predicted octanol–water partition coefficient (Wildman–Crippen LogP) is -2.10. The van der Waals surface area contributed by atoms with E-state index in [0.29, 0.717) is 12.1 Å². The van der Waals surface area contributed by atoms with E-state index in [-0.39, 0.29) is 75.4 Å². The second kappa shape index (κ2) is 11.0. The fraction of sp³-hybridized carbons (Fsp3) is 0. The van der Waals surface area contributed by atoms with Crippen molar-refractivity contribution >= 4 is 87.4 Å². The average Bonchev–Trinajstić information content (AvgIpc) is 2.07. The normalized spacial score (nSPS) is 7.56. The van der Waals surface area contributed by atoms with Crippen LogP contribution >= 0.6 is 0 Å². The van der Waals surface area contributed by atoms with Crippen molar-refractivity contribution in [2.75, 3.05) is 0 Å². The average molecular weight is 230 g/mol. The van der Waals surface area contributed by atoms with Crippen molar-refractivity contribution in [1.29, 1.82) is 0 Å². The molecule has 1 aromatic rings. The minimum absolute atomic E-state index is 0. The molecule has 0 amide bonds. The molecule has 0 radical (unpaired) electrons. The van der Waals surface area contributed by atoms with Crippen LogP contribution in [-0.4, -0.2) is 108 Å². The minimum atomic E-state index is -1.45. The molecule has 4 N–H and O–H groups in total. The van der Waals surface area contributed by atoms with Gasteiger partial charge in [-0.25, -0.2) is 9.59 Å². The third kappa shape index (κ3) is 6.36. The quantitative estimate of drug-likeness (QED) is 0.341. The molecule has 0 heterocycles. The van der Waals surface area contributed by atoms with Gasteiger partial charge in [-0.05, 0) is 12.1 Å². The summed E-state index contributed by atoms with van der Waals surface area (Å²) in [4.78, 5) is 20.9. The number of carboxylic acids is 2. The van der Waals surface area contributed by atoms with Crippen molar-refractivity contribution in [2.45, 2.75) is 0 Å². The Labute approximate surface area is 151 Å². The molecule has 0 atom stereocenters. The van der Waals surface area contributed by atoms with Gasteiger partial charge in [0.15, 0.2) is 0 Å². The van der Waals surface area contributed by atoms with Gasteiger partial charge in [0.1, 0.15) is 22.6 Å². The topological polar surface area (TPSA) is 115 Å². The van der Waals surface area contributed by atoms with Crippen LogP contribution in [0.2, 0.25) is 0 Å². The zero-order chi connectivity index (χ0) is 10.9. The van der Waals surface area contributed by atoms with Gasteiger partial charge >= 0.3 is 87.4 Å². The fourth-order valence-electron chi connectivity index (χ4n) is 0.919. The standard InChI is InChI=1S/C8H6O6.4Li.4H/c9-5-1-3(7(11)12)6(10)2-4(5)8(13)14;;;;;;;;/h1-2,9-10H,(H,11,12)(H,13,14);;;;;;;;. The van der Waals surface area contributed by atoms with Crippen LogP contribution in [-0.2, 0) is 0 Å². The Hall–Kier alpha value is 0.150. The van der Waals surface area contributed by atoms with Crippen molar-refractivity contribution in [2.24, 2.45) is 0 Å². The number of hydrogen-bond acceptors (Lipinski definition) is 4. The van der Waals surface area contributed by atoms with Gasteiger partial charge in [-0.15, -0.1) is 0 Å². The number of aromatic hydroxyl groups is 2. The Balaban J connectivity index is -0.000000245. The molecule has 0 aliphatic heterocycles. The van der Waals surface area contributed by atoms with Crippen LogP contribution in [0.3, 0.4) is 0 Å². The Morgan fingerprint density at radius 1 is 0.722 bits per heavy atom. The third-order valence-electron chi connectivity index (χ3n) is 1.57. The van der Waals surface area contributed by atoms with Gasteiger partial charge < -0.3 is 20.4 Å². The van der Waals surface area contributed by atoms with Crippen molar-refractivity contribution in [1.82, 2.24) is 0 Å². The van der Waals surface area contributed by atoms with Crippen LogP contribution in [0.5, 0.6) is 11.5 Å².